The predicted octanol–water partition coefficient (Wildman–Crippen LogP) is 2.54. The zero-order valence-corrected chi connectivity index (χ0v) is 20.1. The predicted molar refractivity (Wildman–Crippen MR) is 125 cm³/mol. The Bertz CT molecular complexity index is 1080. The third-order valence-electron chi connectivity index (χ3n) is 5.05. The molecule has 2 rings (SSSR count). The zero-order valence-electron chi connectivity index (χ0n) is 19.2. The van der Waals surface area contributed by atoms with Gasteiger partial charge >= 0.3 is 0 Å². The number of carbonyl (C=O) groups excluding carboxylic acids is 2. The first kappa shape index (κ1) is 26.1. The second-order valence-corrected chi connectivity index (χ2v) is 9.43. The van der Waals surface area contributed by atoms with Gasteiger partial charge in [0.15, 0.2) is 0 Å². The largest absolute Gasteiger partial charge is 0.495 e. The van der Waals surface area contributed by atoms with E-state index in [1.807, 2.05) is 6.92 Å². The van der Waals surface area contributed by atoms with E-state index in [1.165, 1.54) is 43.2 Å². The van der Waals surface area contributed by atoms with Crippen LogP contribution < -0.4 is 14.4 Å². The minimum Gasteiger partial charge on any atom is -0.495 e. The number of hydrogen-bond donors (Lipinski definition) is 1. The molecule has 1 atom stereocenters. The number of ether oxygens (including phenoxy) is 1. The minimum atomic E-state index is -3.89. The van der Waals surface area contributed by atoms with Gasteiger partial charge < -0.3 is 15.0 Å². The van der Waals surface area contributed by atoms with Crippen LogP contribution in [0.4, 0.5) is 10.1 Å². The fourth-order valence-corrected chi connectivity index (χ4v) is 4.07. The lowest BCUT2D eigenvalue weighted by atomic mass is 10.1. The van der Waals surface area contributed by atoms with E-state index in [0.717, 1.165) is 10.6 Å². The van der Waals surface area contributed by atoms with Crippen LogP contribution in [0.3, 0.4) is 0 Å². The number of benzene rings is 2. The van der Waals surface area contributed by atoms with Crippen LogP contribution in [0.15, 0.2) is 48.5 Å². The molecule has 0 heterocycles. The van der Waals surface area contributed by atoms with Crippen molar-refractivity contribution >= 4 is 27.5 Å². The van der Waals surface area contributed by atoms with Crippen LogP contribution >= 0.6 is 0 Å². The molecule has 0 fully saturated rings. The maximum atomic E-state index is 14.3. The molecule has 0 aromatic heterocycles. The quantitative estimate of drug-likeness (QED) is 0.534. The van der Waals surface area contributed by atoms with Gasteiger partial charge in [0.1, 0.15) is 24.2 Å². The molecule has 1 N–H and O–H groups in total. The molecule has 0 spiro atoms. The summed E-state index contributed by atoms with van der Waals surface area (Å²) in [5.41, 5.74) is 0.397. The second-order valence-electron chi connectivity index (χ2n) is 7.52. The smallest absolute Gasteiger partial charge is 0.244 e. The topological polar surface area (TPSA) is 96.0 Å². The van der Waals surface area contributed by atoms with Gasteiger partial charge in [0.2, 0.25) is 21.8 Å². The lowest BCUT2D eigenvalue weighted by Crippen LogP contribution is -2.51. The number of methoxy groups -OCH3 is 1. The second kappa shape index (κ2) is 11.6. The van der Waals surface area contributed by atoms with E-state index in [1.54, 1.807) is 24.3 Å². The van der Waals surface area contributed by atoms with Gasteiger partial charge in [-0.1, -0.05) is 37.3 Å². The van der Waals surface area contributed by atoms with Gasteiger partial charge in [-0.05, 0) is 31.5 Å². The summed E-state index contributed by atoms with van der Waals surface area (Å²) in [4.78, 5) is 27.2. The van der Waals surface area contributed by atoms with Crippen molar-refractivity contribution in [3.8, 4) is 5.75 Å². The summed E-state index contributed by atoms with van der Waals surface area (Å²) in [5.74, 6) is -1.33. The van der Waals surface area contributed by atoms with Crippen molar-refractivity contribution in [2.45, 2.75) is 32.9 Å². The van der Waals surface area contributed by atoms with E-state index in [0.29, 0.717) is 13.0 Å². The molecule has 0 radical (unpaired) electrons. The summed E-state index contributed by atoms with van der Waals surface area (Å²) in [6, 6.07) is 11.4. The molecule has 2 aromatic rings. The highest BCUT2D eigenvalue weighted by atomic mass is 32.2. The highest BCUT2D eigenvalue weighted by Crippen LogP contribution is 2.29. The van der Waals surface area contributed by atoms with Crippen LogP contribution in [-0.2, 0) is 26.2 Å². The molecular weight excluding hydrogens is 449 g/mol. The van der Waals surface area contributed by atoms with Crippen LogP contribution in [0, 0.1) is 5.82 Å². The highest BCUT2D eigenvalue weighted by Gasteiger charge is 2.31. The third kappa shape index (κ3) is 6.92. The van der Waals surface area contributed by atoms with Crippen LogP contribution in [0.25, 0.3) is 0 Å². The first-order valence-corrected chi connectivity index (χ1v) is 12.4. The Kier molecular flexibility index (Phi) is 9.22. The summed E-state index contributed by atoms with van der Waals surface area (Å²) in [6.45, 7) is 3.05. The molecule has 0 aliphatic heterocycles. The van der Waals surface area contributed by atoms with E-state index < -0.39 is 40.2 Å². The Balaban J connectivity index is 2.42. The molecule has 0 saturated carbocycles. The fraction of sp³-hybridized carbons (Fsp3) is 0.391. The molecule has 8 nitrogen and oxygen atoms in total. The lowest BCUT2D eigenvalue weighted by molar-refractivity contribution is -0.139. The van der Waals surface area contributed by atoms with E-state index in [2.05, 4.69) is 5.32 Å². The molecule has 0 unspecified atom stereocenters. The van der Waals surface area contributed by atoms with Crippen LogP contribution in [-0.4, -0.2) is 57.6 Å². The standard InChI is InChI=1S/C23H30FN3O5S/c1-5-14-25-23(29)17(2)26(15-18-10-6-7-11-19(18)24)22(28)16-27(33(4,30)31)20-12-8-9-13-21(20)32-3/h6-13,17H,5,14-16H2,1-4H3,(H,25,29)/t17-/m0/s1. The number of nitrogens with zero attached hydrogens (tertiary/aromatic N) is 2. The van der Waals surface area contributed by atoms with E-state index >= 15 is 0 Å². The molecule has 0 aliphatic carbocycles. The van der Waals surface area contributed by atoms with Gasteiger partial charge in [0, 0.05) is 18.7 Å². The number of para-hydroxylation sites is 2. The van der Waals surface area contributed by atoms with Crippen molar-refractivity contribution < 1.29 is 27.1 Å². The molecule has 10 heteroatoms. The summed E-state index contributed by atoms with van der Waals surface area (Å²) >= 11 is 0. The lowest BCUT2D eigenvalue weighted by Gasteiger charge is -2.31. The Morgan fingerprint density at radius 1 is 1.12 bits per heavy atom. The molecule has 0 saturated heterocycles. The fourth-order valence-electron chi connectivity index (χ4n) is 3.22. The number of sulfonamides is 1. The van der Waals surface area contributed by atoms with Crippen LogP contribution in [0.5, 0.6) is 5.75 Å². The van der Waals surface area contributed by atoms with Gasteiger partial charge in [-0.15, -0.1) is 0 Å². The van der Waals surface area contributed by atoms with Crippen molar-refractivity contribution in [2.75, 3.05) is 30.8 Å². The van der Waals surface area contributed by atoms with Gasteiger partial charge in [0.05, 0.1) is 19.1 Å². The van der Waals surface area contributed by atoms with E-state index in [-0.39, 0.29) is 23.5 Å². The first-order chi connectivity index (χ1) is 15.6. The van der Waals surface area contributed by atoms with Crippen molar-refractivity contribution in [3.05, 3.63) is 59.9 Å². The average molecular weight is 480 g/mol. The van der Waals surface area contributed by atoms with Crippen molar-refractivity contribution in [2.24, 2.45) is 0 Å². The highest BCUT2D eigenvalue weighted by molar-refractivity contribution is 7.92. The number of halogens is 1. The Hall–Kier alpha value is -3.14. The third-order valence-corrected chi connectivity index (χ3v) is 6.17. The summed E-state index contributed by atoms with van der Waals surface area (Å²) in [7, 11) is -2.49. The van der Waals surface area contributed by atoms with Gasteiger partial charge in [-0.3, -0.25) is 13.9 Å². The van der Waals surface area contributed by atoms with Gasteiger partial charge in [0.25, 0.3) is 0 Å². The Labute approximate surface area is 194 Å². The van der Waals surface area contributed by atoms with Gasteiger partial charge in [-0.25, -0.2) is 12.8 Å². The van der Waals surface area contributed by atoms with Gasteiger partial charge in [-0.2, -0.15) is 0 Å². The average Bonchev–Trinajstić information content (AvgIpc) is 2.79. The molecular formula is C23H30FN3O5S. The summed E-state index contributed by atoms with van der Waals surface area (Å²) in [6.07, 6.45) is 1.68. The number of hydrogen-bond acceptors (Lipinski definition) is 5. The van der Waals surface area contributed by atoms with E-state index in [9.17, 15) is 22.4 Å². The molecule has 0 bridgehead atoms. The SMILES string of the molecule is CCCNC(=O)[C@H](C)N(Cc1ccccc1F)C(=O)CN(c1ccccc1OC)S(C)(=O)=O. The Morgan fingerprint density at radius 2 is 1.76 bits per heavy atom. The Morgan fingerprint density at radius 3 is 2.36 bits per heavy atom. The number of anilines is 1. The molecule has 2 aromatic carbocycles. The first-order valence-electron chi connectivity index (χ1n) is 10.5. The summed E-state index contributed by atoms with van der Waals surface area (Å²) < 4.78 is 45.7. The molecule has 180 valence electrons. The monoisotopic (exact) mass is 479 g/mol. The number of nitrogens with one attached hydrogen (secondary N) is 1. The summed E-state index contributed by atoms with van der Waals surface area (Å²) in [5, 5.41) is 2.72. The normalized spacial score (nSPS) is 12.0. The minimum absolute atomic E-state index is 0.185. The number of amides is 2. The van der Waals surface area contributed by atoms with Crippen molar-refractivity contribution in [1.82, 2.24) is 10.2 Å². The van der Waals surface area contributed by atoms with E-state index in [4.69, 9.17) is 4.74 Å². The number of rotatable bonds is 11. The maximum absolute atomic E-state index is 14.3. The molecule has 2 amide bonds. The number of carbonyl (C=O) groups is 2. The van der Waals surface area contributed by atoms with Crippen LogP contribution in [0.1, 0.15) is 25.8 Å². The zero-order chi connectivity index (χ0) is 24.6. The van der Waals surface area contributed by atoms with Crippen molar-refractivity contribution in [3.63, 3.8) is 0 Å². The molecule has 0 aliphatic rings. The maximum Gasteiger partial charge on any atom is 0.244 e. The van der Waals surface area contributed by atoms with Crippen LogP contribution in [0.2, 0.25) is 0 Å². The molecule has 33 heavy (non-hydrogen) atoms. The van der Waals surface area contributed by atoms with Crippen molar-refractivity contribution in [1.29, 1.82) is 0 Å².